The average molecular weight is 1460 g/mol. The monoisotopic (exact) mass is 1460 g/mol. The molecule has 103 heavy (non-hydrogen) atoms. The summed E-state index contributed by atoms with van der Waals surface area (Å²) in [6.45, 7) is 1.45. The number of aliphatic hydroxyl groups is 3. The van der Waals surface area contributed by atoms with Crippen LogP contribution in [0, 0.1) is 53.8 Å². The van der Waals surface area contributed by atoms with Gasteiger partial charge >= 0.3 is 0 Å². The topological polar surface area (TPSA) is 380 Å². The van der Waals surface area contributed by atoms with E-state index in [0.29, 0.717) is 90.4 Å². The van der Waals surface area contributed by atoms with E-state index >= 15 is 0 Å². The molecule has 3 saturated carbocycles. The minimum atomic E-state index is -1.68. The third kappa shape index (κ3) is 15.6. The molecule has 3 aliphatic heterocycles. The van der Waals surface area contributed by atoms with Crippen LogP contribution in [-0.2, 0) is 48.0 Å². The molecule has 0 bridgehead atoms. The number of hydrogen-bond acceptors (Lipinski definition) is 15. The summed E-state index contributed by atoms with van der Waals surface area (Å²) in [5.41, 5.74) is 21.2. The van der Waals surface area contributed by atoms with Gasteiger partial charge in [0.2, 0.25) is 28.6 Å². The van der Waals surface area contributed by atoms with Gasteiger partial charge in [0.1, 0.15) is 5.78 Å². The smallest absolute Gasteiger partial charge is 0.269 e. The van der Waals surface area contributed by atoms with E-state index in [9.17, 15) is 58.5 Å². The largest absolute Gasteiger partial charge is 0.369 e. The quantitative estimate of drug-likeness (QED) is 0.0744. The number of Topliss-reactive ketones (excluding diaryl/α,β-unsaturated/α-hetero) is 1. The predicted octanol–water partition coefficient (Wildman–Crippen LogP) is 4.37. The summed E-state index contributed by atoms with van der Waals surface area (Å²) in [6, 6.07) is 21.7. The minimum Gasteiger partial charge on any atom is -0.369 e. The molecule has 6 aromatic rings. The second-order valence-electron chi connectivity index (χ2n) is 28.2. The zero-order valence-electron chi connectivity index (χ0n) is 57.7. The molecule has 536 valence electrons. The van der Waals surface area contributed by atoms with E-state index in [2.05, 4.69) is 71.5 Å². The number of ketones is 1. The van der Waals surface area contributed by atoms with Crippen molar-refractivity contribution in [2.45, 2.75) is 157 Å². The Morgan fingerprint density at radius 3 is 1.25 bits per heavy atom. The zero-order chi connectivity index (χ0) is 73.4. The first-order valence-electron chi connectivity index (χ1n) is 35.0. The molecule has 6 heterocycles. The van der Waals surface area contributed by atoms with Crippen molar-refractivity contribution < 1.29 is 58.5 Å². The van der Waals surface area contributed by atoms with Crippen LogP contribution in [0.4, 0.5) is 0 Å². The molecule has 3 aromatic carbocycles. The van der Waals surface area contributed by atoms with Crippen molar-refractivity contribution in [1.29, 1.82) is 0 Å². The maximum Gasteiger partial charge on any atom is 0.269 e. The number of carbonyl (C=O) groups is 9. The van der Waals surface area contributed by atoms with Gasteiger partial charge in [-0.15, -0.1) is 6.42 Å². The molecule has 6 fully saturated rings. The van der Waals surface area contributed by atoms with Gasteiger partial charge in [0.25, 0.3) is 35.4 Å². The molecule has 1 unspecified atom stereocenters. The molecule has 0 spiro atoms. The summed E-state index contributed by atoms with van der Waals surface area (Å²) in [6.07, 6.45) is 19.3. The summed E-state index contributed by atoms with van der Waals surface area (Å²) >= 11 is 3.48. The number of aromatic nitrogens is 6. The summed E-state index contributed by atoms with van der Waals surface area (Å²) < 4.78 is 6.16. The Hall–Kier alpha value is -10.2. The number of nitrogens with one attached hydrogen (secondary N) is 2. The molecule has 26 nitrogen and oxygen atoms in total. The maximum atomic E-state index is 12.4. The number of nitrogens with two attached hydrogens (primary N) is 3. The fourth-order valence-corrected chi connectivity index (χ4v) is 14.6. The van der Waals surface area contributed by atoms with Crippen LogP contribution in [0.25, 0.3) is 17.1 Å². The predicted molar refractivity (Wildman–Crippen MR) is 379 cm³/mol. The Balaban J connectivity index is 0.000000137. The van der Waals surface area contributed by atoms with Crippen LogP contribution in [0.5, 0.6) is 0 Å². The number of nitrogens with zero attached hydrogens (tertiary/aromatic N) is 9. The minimum absolute atomic E-state index is 0.0170. The summed E-state index contributed by atoms with van der Waals surface area (Å²) in [5.74, 6) is 11.2. The molecule has 0 radical (unpaired) electrons. The van der Waals surface area contributed by atoms with Crippen LogP contribution < -0.4 is 27.8 Å². The van der Waals surface area contributed by atoms with Gasteiger partial charge in [0, 0.05) is 122 Å². The second kappa shape index (κ2) is 29.6. The number of rotatable bonds is 13. The lowest BCUT2D eigenvalue weighted by atomic mass is 9.81. The highest BCUT2D eigenvalue weighted by Crippen LogP contribution is 2.43. The highest BCUT2D eigenvalue weighted by Gasteiger charge is 2.46. The molecule has 11 N–H and O–H groups in total. The van der Waals surface area contributed by atoms with Crippen molar-refractivity contribution in [2.75, 3.05) is 40.8 Å². The van der Waals surface area contributed by atoms with E-state index in [0.717, 1.165) is 116 Å². The summed E-state index contributed by atoms with van der Waals surface area (Å²) in [7, 11) is 4.90. The normalized spacial score (nSPS) is 23.6. The van der Waals surface area contributed by atoms with E-state index in [-0.39, 0.29) is 77.7 Å². The zero-order valence-corrected chi connectivity index (χ0v) is 59.3. The molecular formula is C76H83BrN14O12. The second-order valence-corrected chi connectivity index (χ2v) is 29.1. The standard InChI is InChI=1S/2C25H27N5O4.C19H20BrN3O2.C7H9NO2/c2*1-29-13-12-25(34,24(29)33)11-10-15-4-2-5-17(14-15)30-19-7-3-6-18(27-23(32)16-8-9-16)20(19)21(28-30)22(26)31;20-13-4-2-5-14(10-13)23-15-6-1-3-12(9-16(24)11-7-8-11)17(15)18(22-23)19(21)25;1-3-7(10)4-5-8(2)6(7)9/h2*2,4-5,14,16,18,34H,3,6-9,12-13H2,1H3,(H2,26,31)(H,27,32);2,4-5,10-12H,1,3,6-9H2,(H2,21,25);1,10H,4-5H2,2H3/t18-,25+;18-,25-;;7-/m10.0/s1. The van der Waals surface area contributed by atoms with Crippen molar-refractivity contribution >= 4 is 69.0 Å². The van der Waals surface area contributed by atoms with Gasteiger partial charge in [-0.1, -0.05) is 63.7 Å². The highest BCUT2D eigenvalue weighted by atomic mass is 79.9. The number of terminal acetylenes is 1. The van der Waals surface area contributed by atoms with E-state index in [1.165, 1.54) is 14.7 Å². The summed E-state index contributed by atoms with van der Waals surface area (Å²) in [5, 5.41) is 50.2. The van der Waals surface area contributed by atoms with Crippen molar-refractivity contribution in [2.24, 2.45) is 35.0 Å². The van der Waals surface area contributed by atoms with Crippen molar-refractivity contribution in [1.82, 2.24) is 54.7 Å². The third-order valence-corrected chi connectivity index (χ3v) is 21.0. The molecule has 8 amide bonds. The maximum absolute atomic E-state index is 12.4. The van der Waals surface area contributed by atoms with E-state index in [1.807, 2.05) is 41.1 Å². The average Bonchev–Trinajstić information content (AvgIpc) is 1.62. The molecular weight excluding hydrogens is 1380 g/mol. The molecule has 15 rings (SSSR count). The first kappa shape index (κ1) is 72.5. The Morgan fingerprint density at radius 1 is 0.524 bits per heavy atom. The fraction of sp³-hybridized carbons (Fsp3) is 0.447. The SMILES string of the molecule is C#C[C@]1(O)CCN(C)C1=O.CN1CC[C@@](O)(C#Cc2cccc(-n3nc(C(N)=O)c4c3CCC[C@@H]4NC(=O)C3CC3)c2)C1=O.CN1CC[C@@](O)(C#Cc2cccc(-n3nc(C(N)=O)c4c3CCC[C@H]4NC(=O)C3CC3)c2)C1=O.NC(=O)c1nn(-c2cccc(Br)c2)c2c1C(CC(=O)C1CC1)CCC2. The first-order valence-corrected chi connectivity index (χ1v) is 35.8. The number of benzene rings is 3. The number of likely N-dealkylation sites (N-methyl/N-ethyl adjacent to an activating group) is 3. The van der Waals surface area contributed by atoms with Crippen molar-refractivity contribution in [3.05, 3.63) is 139 Å². The molecule has 3 saturated heterocycles. The lowest BCUT2D eigenvalue weighted by Gasteiger charge is -2.25. The highest BCUT2D eigenvalue weighted by molar-refractivity contribution is 9.10. The number of fused-ring (bicyclic) bond motifs is 3. The Kier molecular flexibility index (Phi) is 20.9. The Bertz CT molecular complexity index is 4440. The number of amides is 8. The fourth-order valence-electron chi connectivity index (χ4n) is 14.3. The van der Waals surface area contributed by atoms with Crippen LogP contribution in [-0.4, -0.2) is 170 Å². The van der Waals surface area contributed by atoms with Crippen molar-refractivity contribution in [3.8, 4) is 53.1 Å². The Labute approximate surface area is 603 Å². The number of carbonyl (C=O) groups excluding carboxylic acids is 9. The van der Waals surface area contributed by atoms with E-state index in [1.54, 1.807) is 66.9 Å². The molecule has 6 aliphatic carbocycles. The van der Waals surface area contributed by atoms with Gasteiger partial charge in [0.15, 0.2) is 17.1 Å². The van der Waals surface area contributed by atoms with Crippen LogP contribution in [0.1, 0.15) is 197 Å². The van der Waals surface area contributed by atoms with Gasteiger partial charge < -0.3 is 57.9 Å². The van der Waals surface area contributed by atoms with Gasteiger partial charge in [-0.05, 0) is 157 Å². The lowest BCUT2D eigenvalue weighted by Crippen LogP contribution is -2.37. The van der Waals surface area contributed by atoms with E-state index in [4.69, 9.17) is 23.6 Å². The van der Waals surface area contributed by atoms with Crippen LogP contribution in [0.3, 0.4) is 0 Å². The number of primary amides is 3. The van der Waals surface area contributed by atoms with Gasteiger partial charge in [0.05, 0.1) is 40.5 Å². The lowest BCUT2D eigenvalue weighted by molar-refractivity contribution is -0.138. The number of halogens is 1. The number of hydrogen-bond donors (Lipinski definition) is 8. The molecule has 6 atom stereocenters. The van der Waals surface area contributed by atoms with Crippen LogP contribution in [0.2, 0.25) is 0 Å². The first-order chi connectivity index (χ1) is 49.2. The van der Waals surface area contributed by atoms with E-state index < -0.39 is 46.3 Å². The molecule has 3 aromatic heterocycles. The van der Waals surface area contributed by atoms with Crippen LogP contribution >= 0.6 is 15.9 Å². The molecule has 27 heteroatoms. The van der Waals surface area contributed by atoms with Crippen molar-refractivity contribution in [3.63, 3.8) is 0 Å². The van der Waals surface area contributed by atoms with Gasteiger partial charge in [-0.3, -0.25) is 43.2 Å². The number of likely N-dealkylation sites (tertiary alicyclic amines) is 3. The van der Waals surface area contributed by atoms with Gasteiger partial charge in [-0.2, -0.15) is 15.3 Å². The third-order valence-electron chi connectivity index (χ3n) is 20.5. The molecule has 9 aliphatic rings. The Morgan fingerprint density at radius 2 is 0.893 bits per heavy atom. The van der Waals surface area contributed by atoms with Gasteiger partial charge in [-0.25, -0.2) is 14.0 Å². The van der Waals surface area contributed by atoms with Crippen LogP contribution in [0.15, 0.2) is 77.3 Å². The summed E-state index contributed by atoms with van der Waals surface area (Å²) in [4.78, 5) is 113.